The van der Waals surface area contributed by atoms with E-state index in [4.69, 9.17) is 0 Å². The highest BCUT2D eigenvalue weighted by molar-refractivity contribution is 9.09. The molecule has 0 aliphatic heterocycles. The van der Waals surface area contributed by atoms with Gasteiger partial charge in [0.15, 0.2) is 5.67 Å². The van der Waals surface area contributed by atoms with Gasteiger partial charge in [0.1, 0.15) is 0 Å². The summed E-state index contributed by atoms with van der Waals surface area (Å²) in [6, 6.07) is 0.0996. The lowest BCUT2D eigenvalue weighted by Crippen LogP contribution is -2.46. The summed E-state index contributed by atoms with van der Waals surface area (Å²) >= 11 is 3.46. The second-order valence-corrected chi connectivity index (χ2v) is 5.18. The molecule has 1 rings (SSSR count). The van der Waals surface area contributed by atoms with Gasteiger partial charge in [-0.25, -0.2) is 4.39 Å². The fourth-order valence-corrected chi connectivity index (χ4v) is 2.14. The van der Waals surface area contributed by atoms with E-state index >= 15 is 0 Å². The van der Waals surface area contributed by atoms with Crippen molar-refractivity contribution in [2.75, 3.05) is 0 Å². The Morgan fingerprint density at radius 3 is 2.54 bits per heavy atom. The van der Waals surface area contributed by atoms with Gasteiger partial charge in [-0.2, -0.15) is 0 Å². The molecule has 0 aromatic carbocycles. The summed E-state index contributed by atoms with van der Waals surface area (Å²) in [5.74, 6) is -0.510. The number of amides is 1. The molecule has 2 unspecified atom stereocenters. The predicted molar refractivity (Wildman–Crippen MR) is 53.7 cm³/mol. The van der Waals surface area contributed by atoms with Crippen molar-refractivity contribution in [1.82, 2.24) is 5.32 Å². The molecule has 0 bridgehead atoms. The zero-order valence-corrected chi connectivity index (χ0v) is 9.53. The highest BCUT2D eigenvalue weighted by Gasteiger charge is 2.32. The standard InChI is InChI=1S/C9H15BrFNO/c1-9(2,11)8(13)12-7-5-3-4-6(7)10/h6-7H,3-5H2,1-2H3,(H,12,13). The Bertz CT molecular complexity index is 202. The van der Waals surface area contributed by atoms with Crippen LogP contribution in [0.5, 0.6) is 0 Å². The van der Waals surface area contributed by atoms with Crippen molar-refractivity contribution in [2.45, 2.75) is 49.6 Å². The van der Waals surface area contributed by atoms with E-state index in [1.54, 1.807) is 0 Å². The molecule has 13 heavy (non-hydrogen) atoms. The lowest BCUT2D eigenvalue weighted by Gasteiger charge is -2.20. The van der Waals surface area contributed by atoms with Gasteiger partial charge in [0.05, 0.1) is 0 Å². The van der Waals surface area contributed by atoms with Crippen molar-refractivity contribution in [3.05, 3.63) is 0 Å². The van der Waals surface area contributed by atoms with Crippen LogP contribution in [0.15, 0.2) is 0 Å². The molecule has 2 atom stereocenters. The van der Waals surface area contributed by atoms with Gasteiger partial charge in [0.25, 0.3) is 5.91 Å². The minimum atomic E-state index is -1.77. The number of hydrogen-bond donors (Lipinski definition) is 1. The second kappa shape index (κ2) is 3.95. The molecule has 1 fully saturated rings. The van der Waals surface area contributed by atoms with E-state index in [0.717, 1.165) is 19.3 Å². The molecule has 1 aliphatic rings. The molecule has 1 N–H and O–H groups in total. The topological polar surface area (TPSA) is 29.1 Å². The van der Waals surface area contributed by atoms with E-state index in [1.165, 1.54) is 13.8 Å². The third-order valence-electron chi connectivity index (χ3n) is 2.29. The maximum Gasteiger partial charge on any atom is 0.257 e. The van der Waals surface area contributed by atoms with Crippen molar-refractivity contribution in [3.63, 3.8) is 0 Å². The Hall–Kier alpha value is -0.120. The molecule has 1 saturated carbocycles. The highest BCUT2D eigenvalue weighted by Crippen LogP contribution is 2.26. The molecular formula is C9H15BrFNO. The van der Waals surface area contributed by atoms with Crippen LogP contribution in [0, 0.1) is 0 Å². The summed E-state index contributed by atoms with van der Waals surface area (Å²) in [4.78, 5) is 11.6. The van der Waals surface area contributed by atoms with E-state index < -0.39 is 11.6 Å². The zero-order valence-electron chi connectivity index (χ0n) is 7.94. The van der Waals surface area contributed by atoms with Crippen molar-refractivity contribution in [2.24, 2.45) is 0 Å². The van der Waals surface area contributed by atoms with E-state index in [9.17, 15) is 9.18 Å². The molecule has 76 valence electrons. The summed E-state index contributed by atoms with van der Waals surface area (Å²) in [5, 5.41) is 2.71. The molecule has 0 radical (unpaired) electrons. The number of carbonyl (C=O) groups excluding carboxylic acids is 1. The molecule has 1 amide bonds. The smallest absolute Gasteiger partial charge is 0.257 e. The van der Waals surface area contributed by atoms with Crippen molar-refractivity contribution in [1.29, 1.82) is 0 Å². The summed E-state index contributed by atoms with van der Waals surface area (Å²) in [6.45, 7) is 2.56. The van der Waals surface area contributed by atoms with Gasteiger partial charge in [0, 0.05) is 10.9 Å². The summed E-state index contributed by atoms with van der Waals surface area (Å²) in [7, 11) is 0. The predicted octanol–water partition coefficient (Wildman–Crippen LogP) is 2.17. The number of nitrogens with one attached hydrogen (secondary N) is 1. The normalized spacial score (nSPS) is 28.9. The fraction of sp³-hybridized carbons (Fsp3) is 0.889. The number of alkyl halides is 2. The average Bonchev–Trinajstić information content (AvgIpc) is 2.34. The summed E-state index contributed by atoms with van der Waals surface area (Å²) < 4.78 is 13.1. The molecule has 1 aliphatic carbocycles. The van der Waals surface area contributed by atoms with E-state index in [-0.39, 0.29) is 6.04 Å². The van der Waals surface area contributed by atoms with Crippen LogP contribution in [0.25, 0.3) is 0 Å². The quantitative estimate of drug-likeness (QED) is 0.750. The molecule has 0 heterocycles. The number of halogens is 2. The number of hydrogen-bond acceptors (Lipinski definition) is 1. The van der Waals surface area contributed by atoms with Gasteiger partial charge in [-0.15, -0.1) is 0 Å². The molecule has 0 aromatic heterocycles. The van der Waals surface area contributed by atoms with Crippen LogP contribution in [-0.2, 0) is 4.79 Å². The SMILES string of the molecule is CC(C)(F)C(=O)NC1CCCC1Br. The minimum Gasteiger partial charge on any atom is -0.349 e. The largest absolute Gasteiger partial charge is 0.349 e. The van der Waals surface area contributed by atoms with Crippen LogP contribution < -0.4 is 5.32 Å². The first-order valence-corrected chi connectivity index (χ1v) is 5.47. The first kappa shape index (κ1) is 11.0. The molecule has 0 spiro atoms. The van der Waals surface area contributed by atoms with Crippen molar-refractivity contribution >= 4 is 21.8 Å². The first-order chi connectivity index (χ1) is 5.91. The van der Waals surface area contributed by atoms with Gasteiger partial charge in [-0.3, -0.25) is 4.79 Å². The summed E-state index contributed by atoms with van der Waals surface area (Å²) in [6.07, 6.45) is 3.09. The summed E-state index contributed by atoms with van der Waals surface area (Å²) in [5.41, 5.74) is -1.77. The number of carbonyl (C=O) groups is 1. The fourth-order valence-electron chi connectivity index (χ4n) is 1.42. The first-order valence-electron chi connectivity index (χ1n) is 4.55. The molecule has 4 heteroatoms. The Balaban J connectivity index is 2.45. The monoisotopic (exact) mass is 251 g/mol. The van der Waals surface area contributed by atoms with E-state index in [1.807, 2.05) is 0 Å². The molecule has 2 nitrogen and oxygen atoms in total. The third-order valence-corrected chi connectivity index (χ3v) is 3.38. The van der Waals surface area contributed by atoms with Gasteiger partial charge in [0.2, 0.25) is 0 Å². The van der Waals surface area contributed by atoms with Crippen LogP contribution in [0.2, 0.25) is 0 Å². The van der Waals surface area contributed by atoms with Crippen LogP contribution in [-0.4, -0.2) is 22.4 Å². The van der Waals surface area contributed by atoms with Crippen molar-refractivity contribution in [3.8, 4) is 0 Å². The molecule has 0 saturated heterocycles. The minimum absolute atomic E-state index is 0.0996. The lowest BCUT2D eigenvalue weighted by atomic mass is 10.1. The van der Waals surface area contributed by atoms with E-state index in [0.29, 0.717) is 4.83 Å². The van der Waals surface area contributed by atoms with Gasteiger partial charge in [-0.1, -0.05) is 22.4 Å². The lowest BCUT2D eigenvalue weighted by molar-refractivity contribution is -0.131. The highest BCUT2D eigenvalue weighted by atomic mass is 79.9. The van der Waals surface area contributed by atoms with Gasteiger partial charge in [-0.05, 0) is 26.7 Å². The maximum absolute atomic E-state index is 13.1. The molecular weight excluding hydrogens is 237 g/mol. The average molecular weight is 252 g/mol. The Morgan fingerprint density at radius 2 is 2.15 bits per heavy atom. The third kappa shape index (κ3) is 2.93. The zero-order chi connectivity index (χ0) is 10.1. The van der Waals surface area contributed by atoms with E-state index in [2.05, 4.69) is 21.2 Å². The number of rotatable bonds is 2. The van der Waals surface area contributed by atoms with Crippen LogP contribution in [0.4, 0.5) is 4.39 Å². The van der Waals surface area contributed by atoms with Crippen molar-refractivity contribution < 1.29 is 9.18 Å². The van der Waals surface area contributed by atoms with Gasteiger partial charge >= 0.3 is 0 Å². The second-order valence-electron chi connectivity index (χ2n) is 4.00. The van der Waals surface area contributed by atoms with Crippen LogP contribution in [0.3, 0.4) is 0 Å². The van der Waals surface area contributed by atoms with Gasteiger partial charge < -0.3 is 5.32 Å². The van der Waals surface area contributed by atoms with Crippen LogP contribution in [0.1, 0.15) is 33.1 Å². The van der Waals surface area contributed by atoms with Crippen LogP contribution >= 0.6 is 15.9 Å². The molecule has 0 aromatic rings. The Morgan fingerprint density at radius 1 is 1.54 bits per heavy atom. The maximum atomic E-state index is 13.1. The Labute approximate surface area is 86.4 Å². The Kier molecular flexibility index (Phi) is 3.33.